The quantitative estimate of drug-likeness (QED) is 0.725. The minimum Gasteiger partial charge on any atom is -0.365 e. The number of nitrogens with two attached hydrogens (primary N) is 1. The van der Waals surface area contributed by atoms with E-state index >= 15 is 0 Å². The first-order valence-electron chi connectivity index (χ1n) is 8.64. The first kappa shape index (κ1) is 17.3. The van der Waals surface area contributed by atoms with E-state index in [4.69, 9.17) is 5.73 Å². The van der Waals surface area contributed by atoms with Crippen LogP contribution >= 0.6 is 11.3 Å². The number of carbonyl (C=O) groups excluding carboxylic acids is 2. The number of amides is 2. The van der Waals surface area contributed by atoms with Gasteiger partial charge in [-0.3, -0.25) is 9.59 Å². The van der Waals surface area contributed by atoms with Gasteiger partial charge in [0.1, 0.15) is 6.54 Å². The van der Waals surface area contributed by atoms with Crippen LogP contribution in [0.5, 0.6) is 0 Å². The van der Waals surface area contributed by atoms with Gasteiger partial charge in [-0.1, -0.05) is 30.3 Å². The Bertz CT molecular complexity index is 967. The highest BCUT2D eigenvalue weighted by Gasteiger charge is 2.31. The number of rotatable bonds is 5. The number of hydrogen-bond donors (Lipinski definition) is 1. The van der Waals surface area contributed by atoms with Gasteiger partial charge in [-0.25, -0.2) is 0 Å². The van der Waals surface area contributed by atoms with Crippen LogP contribution in [-0.4, -0.2) is 43.5 Å². The van der Waals surface area contributed by atoms with Crippen molar-refractivity contribution in [3.63, 3.8) is 0 Å². The van der Waals surface area contributed by atoms with Crippen LogP contribution < -0.4 is 5.73 Å². The molecule has 0 saturated carbocycles. The lowest BCUT2D eigenvalue weighted by atomic mass is 10.2. The Morgan fingerprint density at radius 1 is 1.19 bits per heavy atom. The molecule has 1 saturated heterocycles. The average molecular weight is 382 g/mol. The number of primary amides is 1. The maximum Gasteiger partial charge on any atom is 0.258 e. The van der Waals surface area contributed by atoms with Gasteiger partial charge in [-0.15, -0.1) is 21.5 Å². The van der Waals surface area contributed by atoms with Gasteiger partial charge >= 0.3 is 0 Å². The number of carbonyl (C=O) groups is 2. The number of nitrogens with zero attached hydrogens (tertiary/aromatic N) is 5. The first-order chi connectivity index (χ1) is 13.1. The van der Waals surface area contributed by atoms with Crippen molar-refractivity contribution in [1.29, 1.82) is 0 Å². The molecule has 0 radical (unpaired) electrons. The zero-order valence-electron chi connectivity index (χ0n) is 14.5. The van der Waals surface area contributed by atoms with Crippen molar-refractivity contribution in [2.45, 2.75) is 25.4 Å². The molecule has 138 valence electrons. The second kappa shape index (κ2) is 7.28. The number of hydrogen-bond acceptors (Lipinski definition) is 6. The normalized spacial score (nSPS) is 16.6. The standard InChI is InChI=1S/C18H18N6O2S/c19-17(26)15-9-8-14(27-15)13-7-4-10-23(13)16(25)11-24-21-18(20-22-24)12-5-2-1-3-6-12/h1-3,5-6,8-9,13H,4,7,10-11H2,(H2,19,26)/t13-/m1/s1. The van der Waals surface area contributed by atoms with Crippen molar-refractivity contribution in [3.05, 3.63) is 52.2 Å². The van der Waals surface area contributed by atoms with Crippen LogP contribution in [0.1, 0.15) is 33.4 Å². The van der Waals surface area contributed by atoms with Crippen molar-refractivity contribution >= 4 is 23.2 Å². The van der Waals surface area contributed by atoms with Crippen LogP contribution in [0.15, 0.2) is 42.5 Å². The molecule has 8 nitrogen and oxygen atoms in total. The summed E-state index contributed by atoms with van der Waals surface area (Å²) in [6, 6.07) is 13.1. The highest BCUT2D eigenvalue weighted by atomic mass is 32.1. The molecule has 2 N–H and O–H groups in total. The second-order valence-corrected chi connectivity index (χ2v) is 7.44. The summed E-state index contributed by atoms with van der Waals surface area (Å²) in [4.78, 5) is 28.8. The van der Waals surface area contributed by atoms with E-state index in [-0.39, 0.29) is 18.5 Å². The highest BCUT2D eigenvalue weighted by molar-refractivity contribution is 7.14. The molecule has 1 aliphatic rings. The third kappa shape index (κ3) is 3.59. The number of aromatic nitrogens is 4. The third-order valence-electron chi connectivity index (χ3n) is 4.53. The Morgan fingerprint density at radius 3 is 2.74 bits per heavy atom. The van der Waals surface area contributed by atoms with Gasteiger partial charge in [0.2, 0.25) is 11.7 Å². The molecule has 0 unspecified atom stereocenters. The Kier molecular flexibility index (Phi) is 4.68. The fraction of sp³-hybridized carbons (Fsp3) is 0.278. The van der Waals surface area contributed by atoms with Crippen LogP contribution in [0.4, 0.5) is 0 Å². The third-order valence-corrected chi connectivity index (χ3v) is 5.73. The van der Waals surface area contributed by atoms with E-state index < -0.39 is 5.91 Å². The predicted molar refractivity (Wildman–Crippen MR) is 99.8 cm³/mol. The topological polar surface area (TPSA) is 107 Å². The second-order valence-electron chi connectivity index (χ2n) is 6.32. The molecular formula is C18H18N6O2S. The summed E-state index contributed by atoms with van der Waals surface area (Å²) in [5.74, 6) is -0.0170. The average Bonchev–Trinajstić information content (AvgIpc) is 3.41. The summed E-state index contributed by atoms with van der Waals surface area (Å²) in [6.45, 7) is 0.706. The van der Waals surface area contributed by atoms with Gasteiger partial charge in [0.15, 0.2) is 0 Å². The molecule has 1 aromatic carbocycles. The molecular weight excluding hydrogens is 364 g/mol. The van der Waals surface area contributed by atoms with Crippen molar-refractivity contribution in [2.24, 2.45) is 5.73 Å². The molecule has 9 heteroatoms. The Balaban J connectivity index is 1.47. The summed E-state index contributed by atoms with van der Waals surface area (Å²) in [6.07, 6.45) is 1.78. The van der Waals surface area contributed by atoms with Crippen LogP contribution in [-0.2, 0) is 11.3 Å². The zero-order chi connectivity index (χ0) is 18.8. The Hall–Kier alpha value is -3.07. The monoisotopic (exact) mass is 382 g/mol. The van der Waals surface area contributed by atoms with Crippen LogP contribution in [0.2, 0.25) is 0 Å². The number of thiophene rings is 1. The molecule has 1 fully saturated rings. The highest BCUT2D eigenvalue weighted by Crippen LogP contribution is 2.36. The minimum absolute atomic E-state index is 0.0321. The van der Waals surface area contributed by atoms with E-state index in [0.717, 1.165) is 23.3 Å². The maximum absolute atomic E-state index is 12.8. The van der Waals surface area contributed by atoms with E-state index in [9.17, 15) is 9.59 Å². The molecule has 27 heavy (non-hydrogen) atoms. The Labute approximate surface area is 159 Å². The van der Waals surface area contributed by atoms with Crippen molar-refractivity contribution in [2.75, 3.05) is 6.54 Å². The first-order valence-corrected chi connectivity index (χ1v) is 9.45. The largest absolute Gasteiger partial charge is 0.365 e. The molecule has 2 aromatic heterocycles. The molecule has 3 aromatic rings. The molecule has 0 aliphatic carbocycles. The van der Waals surface area contributed by atoms with Crippen LogP contribution in [0.25, 0.3) is 11.4 Å². The van der Waals surface area contributed by atoms with E-state index in [0.29, 0.717) is 17.2 Å². The van der Waals surface area contributed by atoms with Crippen molar-refractivity contribution in [1.82, 2.24) is 25.1 Å². The van der Waals surface area contributed by atoms with Gasteiger partial charge in [0, 0.05) is 17.0 Å². The summed E-state index contributed by atoms with van der Waals surface area (Å²) >= 11 is 1.35. The van der Waals surface area contributed by atoms with Gasteiger partial charge in [0.25, 0.3) is 5.91 Å². The molecule has 0 bridgehead atoms. The van der Waals surface area contributed by atoms with Gasteiger partial charge in [-0.2, -0.15) is 4.80 Å². The molecule has 2 amide bonds. The van der Waals surface area contributed by atoms with E-state index in [1.165, 1.54) is 16.1 Å². The van der Waals surface area contributed by atoms with Gasteiger partial charge in [0.05, 0.1) is 10.9 Å². The summed E-state index contributed by atoms with van der Waals surface area (Å²) < 4.78 is 0. The lowest BCUT2D eigenvalue weighted by Gasteiger charge is -2.23. The van der Waals surface area contributed by atoms with Gasteiger partial charge in [-0.05, 0) is 30.2 Å². The van der Waals surface area contributed by atoms with Crippen molar-refractivity contribution < 1.29 is 9.59 Å². The van der Waals surface area contributed by atoms with Crippen LogP contribution in [0, 0.1) is 0 Å². The molecule has 0 spiro atoms. The molecule has 1 aliphatic heterocycles. The lowest BCUT2D eigenvalue weighted by Crippen LogP contribution is -2.33. The molecule has 4 rings (SSSR count). The summed E-state index contributed by atoms with van der Waals surface area (Å²) in [7, 11) is 0. The summed E-state index contributed by atoms with van der Waals surface area (Å²) in [5.41, 5.74) is 6.19. The number of likely N-dealkylation sites (tertiary alicyclic amines) is 1. The smallest absolute Gasteiger partial charge is 0.258 e. The van der Waals surface area contributed by atoms with Crippen molar-refractivity contribution in [3.8, 4) is 11.4 Å². The number of tetrazole rings is 1. The van der Waals surface area contributed by atoms with E-state index in [1.807, 2.05) is 41.3 Å². The molecule has 1 atom stereocenters. The fourth-order valence-corrected chi connectivity index (χ4v) is 4.26. The lowest BCUT2D eigenvalue weighted by molar-refractivity contribution is -0.133. The summed E-state index contributed by atoms with van der Waals surface area (Å²) in [5, 5.41) is 12.3. The number of benzene rings is 1. The predicted octanol–water partition coefficient (Wildman–Crippen LogP) is 1.86. The SMILES string of the molecule is NC(=O)c1ccc([C@H]2CCCN2C(=O)Cn2nnc(-c3ccccc3)n2)s1. The van der Waals surface area contributed by atoms with Crippen LogP contribution in [0.3, 0.4) is 0 Å². The molecule has 3 heterocycles. The zero-order valence-corrected chi connectivity index (χ0v) is 15.3. The van der Waals surface area contributed by atoms with E-state index in [2.05, 4.69) is 15.4 Å². The maximum atomic E-state index is 12.8. The van der Waals surface area contributed by atoms with E-state index in [1.54, 1.807) is 6.07 Å². The fourth-order valence-electron chi connectivity index (χ4n) is 3.25. The minimum atomic E-state index is -0.442. The van der Waals surface area contributed by atoms with Gasteiger partial charge < -0.3 is 10.6 Å². The Morgan fingerprint density at radius 2 is 2.00 bits per heavy atom.